The number of rotatable bonds is 13. The third-order valence-electron chi connectivity index (χ3n) is 8.17. The monoisotopic (exact) mass is 692 g/mol. The SMILES string of the molecule is Cc1ccc(S(=O)(=O)N[C@@H](CSCc2ccc(-c3ccc(-c4c(Cc5ccccc5)oc5ccccc45)cc3)cc2)C(=O)O)cc1[N+](=O)[O-]. The smallest absolute Gasteiger partial charge is 0.322 e. The van der Waals surface area contributed by atoms with Crippen molar-refractivity contribution in [2.45, 2.75) is 30.0 Å². The van der Waals surface area contributed by atoms with E-state index >= 15 is 0 Å². The van der Waals surface area contributed by atoms with E-state index in [4.69, 9.17) is 4.42 Å². The van der Waals surface area contributed by atoms with Gasteiger partial charge in [0.25, 0.3) is 5.69 Å². The van der Waals surface area contributed by atoms with Crippen LogP contribution < -0.4 is 4.72 Å². The number of nitro groups is 1. The summed E-state index contributed by atoms with van der Waals surface area (Å²) >= 11 is 1.27. The highest BCUT2D eigenvalue weighted by molar-refractivity contribution is 7.98. The van der Waals surface area contributed by atoms with Gasteiger partial charge in [0.15, 0.2) is 0 Å². The number of sulfonamides is 1. The van der Waals surface area contributed by atoms with Crippen LogP contribution in [-0.2, 0) is 27.0 Å². The number of nitrogens with one attached hydrogen (secondary N) is 1. The molecule has 5 aromatic carbocycles. The summed E-state index contributed by atoms with van der Waals surface area (Å²) in [5, 5.41) is 22.0. The number of carboxylic acids is 1. The zero-order valence-electron chi connectivity index (χ0n) is 26.4. The van der Waals surface area contributed by atoms with Gasteiger partial charge in [-0.25, -0.2) is 8.42 Å². The first-order valence-electron chi connectivity index (χ1n) is 15.4. The molecule has 11 heteroatoms. The summed E-state index contributed by atoms with van der Waals surface area (Å²) in [6.45, 7) is 1.49. The fraction of sp³-hybridized carbons (Fsp3) is 0.132. The summed E-state index contributed by atoms with van der Waals surface area (Å²) in [5.74, 6) is -0.00902. The molecule has 0 aliphatic heterocycles. The second-order valence-corrected chi connectivity index (χ2v) is 14.3. The highest BCUT2D eigenvalue weighted by Crippen LogP contribution is 2.37. The molecular weight excluding hydrogens is 661 g/mol. The quantitative estimate of drug-likeness (QED) is 0.0911. The Balaban J connectivity index is 1.11. The van der Waals surface area contributed by atoms with E-state index in [1.807, 2.05) is 60.7 Å². The number of hydrogen-bond acceptors (Lipinski definition) is 7. The number of benzene rings is 5. The number of para-hydroxylation sites is 1. The van der Waals surface area contributed by atoms with Gasteiger partial charge in [-0.2, -0.15) is 16.5 Å². The number of nitrogens with zero attached hydrogens (tertiary/aromatic N) is 1. The van der Waals surface area contributed by atoms with Crippen LogP contribution in [0.3, 0.4) is 0 Å². The molecule has 0 bridgehead atoms. The van der Waals surface area contributed by atoms with Crippen molar-refractivity contribution in [3.05, 3.63) is 154 Å². The average Bonchev–Trinajstić information content (AvgIpc) is 3.46. The second kappa shape index (κ2) is 14.5. The molecule has 0 saturated heterocycles. The van der Waals surface area contributed by atoms with Gasteiger partial charge in [0.05, 0.1) is 9.82 Å². The van der Waals surface area contributed by atoms with E-state index in [2.05, 4.69) is 47.2 Å². The zero-order chi connectivity index (χ0) is 34.5. The van der Waals surface area contributed by atoms with Crippen LogP contribution in [0, 0.1) is 17.0 Å². The highest BCUT2D eigenvalue weighted by atomic mass is 32.2. The van der Waals surface area contributed by atoms with Gasteiger partial charge < -0.3 is 9.52 Å². The molecule has 2 N–H and O–H groups in total. The van der Waals surface area contributed by atoms with E-state index in [1.165, 1.54) is 36.4 Å². The van der Waals surface area contributed by atoms with Crippen LogP contribution in [0.5, 0.6) is 0 Å². The third kappa shape index (κ3) is 7.75. The molecule has 0 spiro atoms. The number of carbonyl (C=O) groups is 1. The normalized spacial score (nSPS) is 12.2. The zero-order valence-corrected chi connectivity index (χ0v) is 28.0. The predicted molar refractivity (Wildman–Crippen MR) is 192 cm³/mol. The van der Waals surface area contributed by atoms with E-state index in [9.17, 15) is 28.4 Å². The molecule has 1 heterocycles. The molecule has 0 unspecified atom stereocenters. The number of aryl methyl sites for hydroxylation is 1. The molecule has 1 aromatic heterocycles. The van der Waals surface area contributed by atoms with Gasteiger partial charge in [-0.15, -0.1) is 0 Å². The number of hydrogen-bond donors (Lipinski definition) is 2. The summed E-state index contributed by atoms with van der Waals surface area (Å²) in [4.78, 5) is 22.1. The Hall–Kier alpha value is -5.23. The van der Waals surface area contributed by atoms with Crippen molar-refractivity contribution in [2.24, 2.45) is 0 Å². The molecule has 0 radical (unpaired) electrons. The van der Waals surface area contributed by atoms with Crippen molar-refractivity contribution in [3.63, 3.8) is 0 Å². The molecule has 0 saturated carbocycles. The van der Waals surface area contributed by atoms with Crippen molar-refractivity contribution >= 4 is 44.4 Å². The largest absolute Gasteiger partial charge is 0.480 e. The molecule has 248 valence electrons. The fourth-order valence-electron chi connectivity index (χ4n) is 5.60. The van der Waals surface area contributed by atoms with Gasteiger partial charge >= 0.3 is 5.97 Å². The van der Waals surface area contributed by atoms with Crippen LogP contribution in [-0.4, -0.2) is 36.2 Å². The maximum Gasteiger partial charge on any atom is 0.322 e. The van der Waals surface area contributed by atoms with Crippen LogP contribution in [0.1, 0.15) is 22.5 Å². The molecule has 49 heavy (non-hydrogen) atoms. The third-order valence-corrected chi connectivity index (χ3v) is 10.7. The van der Waals surface area contributed by atoms with Gasteiger partial charge in [0, 0.05) is 40.5 Å². The Kier molecular flexibility index (Phi) is 9.95. The summed E-state index contributed by atoms with van der Waals surface area (Å²) in [6, 6.07) is 36.7. The van der Waals surface area contributed by atoms with E-state index in [-0.39, 0.29) is 16.3 Å². The number of carboxylic acid groups (broad SMARTS) is 1. The van der Waals surface area contributed by atoms with E-state index in [0.29, 0.717) is 17.7 Å². The molecule has 1 atom stereocenters. The standard InChI is InChI=1S/C38H32N2O7S2/c1-25-11-20-31(22-34(25)40(43)44)49(45,46)39-33(38(41)42)24-48-23-27-12-14-28(15-13-27)29-16-18-30(19-17-29)37-32-9-5-6-10-35(32)47-36(37)21-26-7-3-2-4-8-26/h2-20,22,33,39H,21,23-24H2,1H3,(H,41,42)/t33-/m0/s1. The minimum absolute atomic E-state index is 0.0410. The minimum atomic E-state index is -4.31. The maximum atomic E-state index is 12.9. The lowest BCUT2D eigenvalue weighted by atomic mass is 9.96. The summed E-state index contributed by atoms with van der Waals surface area (Å²) in [6.07, 6.45) is 0.683. The molecule has 0 amide bonds. The van der Waals surface area contributed by atoms with Gasteiger partial charge in [0.2, 0.25) is 10.0 Å². The van der Waals surface area contributed by atoms with Crippen molar-refractivity contribution in [1.29, 1.82) is 0 Å². The molecule has 6 rings (SSSR count). The Morgan fingerprint density at radius 3 is 2.16 bits per heavy atom. The molecule has 0 fully saturated rings. The molecule has 0 aliphatic rings. The Labute approximate surface area is 287 Å². The summed E-state index contributed by atoms with van der Waals surface area (Å²) in [7, 11) is -4.31. The molecular formula is C38H32N2O7S2. The van der Waals surface area contributed by atoms with Gasteiger partial charge in [-0.3, -0.25) is 14.9 Å². The first kappa shape index (κ1) is 33.7. The topological polar surface area (TPSA) is 140 Å². The van der Waals surface area contributed by atoms with Crippen LogP contribution in [0.4, 0.5) is 5.69 Å². The summed E-state index contributed by atoms with van der Waals surface area (Å²) in [5.41, 5.74) is 7.12. The molecule has 0 aliphatic carbocycles. The first-order chi connectivity index (χ1) is 23.6. The minimum Gasteiger partial charge on any atom is -0.480 e. The van der Waals surface area contributed by atoms with Crippen molar-refractivity contribution in [1.82, 2.24) is 4.72 Å². The lowest BCUT2D eigenvalue weighted by Gasteiger charge is -2.15. The molecule has 9 nitrogen and oxygen atoms in total. The lowest BCUT2D eigenvalue weighted by Crippen LogP contribution is -2.42. The van der Waals surface area contributed by atoms with E-state index in [0.717, 1.165) is 50.6 Å². The van der Waals surface area contributed by atoms with Crippen molar-refractivity contribution < 1.29 is 27.7 Å². The van der Waals surface area contributed by atoms with Gasteiger partial charge in [-0.1, -0.05) is 103 Å². The number of aliphatic carboxylic acids is 1. The van der Waals surface area contributed by atoms with E-state index < -0.39 is 27.0 Å². The predicted octanol–water partition coefficient (Wildman–Crippen LogP) is 8.24. The molecule has 6 aromatic rings. The van der Waals surface area contributed by atoms with Crippen LogP contribution in [0.15, 0.2) is 131 Å². The van der Waals surface area contributed by atoms with Crippen LogP contribution in [0.2, 0.25) is 0 Å². The van der Waals surface area contributed by atoms with Crippen molar-refractivity contribution in [3.8, 4) is 22.3 Å². The Morgan fingerprint density at radius 1 is 0.857 bits per heavy atom. The number of furan rings is 1. The fourth-order valence-corrected chi connectivity index (χ4v) is 7.92. The first-order valence-corrected chi connectivity index (χ1v) is 18.0. The van der Waals surface area contributed by atoms with Gasteiger partial charge in [0.1, 0.15) is 17.4 Å². The Bertz CT molecular complexity index is 2230. The van der Waals surface area contributed by atoms with Crippen LogP contribution >= 0.6 is 11.8 Å². The second-order valence-electron chi connectivity index (χ2n) is 11.6. The summed E-state index contributed by atoms with van der Waals surface area (Å²) < 4.78 is 34.2. The van der Waals surface area contributed by atoms with Crippen molar-refractivity contribution in [2.75, 3.05) is 5.75 Å². The number of nitro benzene ring substituents is 1. The van der Waals surface area contributed by atoms with Gasteiger partial charge in [-0.05, 0) is 46.9 Å². The average molecular weight is 693 g/mol. The lowest BCUT2D eigenvalue weighted by molar-refractivity contribution is -0.385. The van der Waals surface area contributed by atoms with Crippen LogP contribution in [0.25, 0.3) is 33.2 Å². The number of fused-ring (bicyclic) bond motifs is 1. The highest BCUT2D eigenvalue weighted by Gasteiger charge is 2.27. The van der Waals surface area contributed by atoms with E-state index in [1.54, 1.807) is 0 Å². The maximum absolute atomic E-state index is 12.9. The number of thioether (sulfide) groups is 1. The Morgan fingerprint density at radius 2 is 1.49 bits per heavy atom.